The molecule has 19 heavy (non-hydrogen) atoms. The summed E-state index contributed by atoms with van der Waals surface area (Å²) in [5, 5.41) is 12.4. The zero-order valence-electron chi connectivity index (χ0n) is 12.0. The summed E-state index contributed by atoms with van der Waals surface area (Å²) in [7, 11) is 0. The number of amides is 1. The van der Waals surface area contributed by atoms with Gasteiger partial charge in [-0.2, -0.15) is 0 Å². The van der Waals surface area contributed by atoms with Gasteiger partial charge in [0.25, 0.3) is 0 Å². The molecule has 1 amide bonds. The van der Waals surface area contributed by atoms with E-state index in [2.05, 4.69) is 17.1 Å². The molecule has 5 heteroatoms. The van der Waals surface area contributed by atoms with Gasteiger partial charge in [0.2, 0.25) is 5.91 Å². The van der Waals surface area contributed by atoms with Gasteiger partial charge in [0.15, 0.2) is 0 Å². The van der Waals surface area contributed by atoms with Crippen LogP contribution in [-0.4, -0.2) is 72.7 Å². The number of aliphatic hydroxyl groups excluding tert-OH is 1. The highest BCUT2D eigenvalue weighted by Gasteiger charge is 2.31. The Morgan fingerprint density at radius 2 is 2.11 bits per heavy atom. The van der Waals surface area contributed by atoms with Gasteiger partial charge in [0, 0.05) is 26.2 Å². The molecule has 2 heterocycles. The molecular weight excluding hydrogens is 242 g/mol. The topological polar surface area (TPSA) is 55.8 Å². The lowest BCUT2D eigenvalue weighted by Crippen LogP contribution is -2.53. The quantitative estimate of drug-likeness (QED) is 0.751. The number of piperidine rings is 1. The molecule has 2 N–H and O–H groups in total. The average Bonchev–Trinajstić information content (AvgIpc) is 2.65. The largest absolute Gasteiger partial charge is 0.395 e. The van der Waals surface area contributed by atoms with Crippen molar-refractivity contribution in [3.05, 3.63) is 0 Å². The monoisotopic (exact) mass is 269 g/mol. The molecule has 2 aliphatic rings. The summed E-state index contributed by atoms with van der Waals surface area (Å²) in [5.74, 6) is 0.719. The second-order valence-electron chi connectivity index (χ2n) is 5.80. The lowest BCUT2D eigenvalue weighted by atomic mass is 9.92. The fraction of sp³-hybridized carbons (Fsp3) is 0.929. The summed E-state index contributed by atoms with van der Waals surface area (Å²) in [6.07, 6.45) is 3.33. The second kappa shape index (κ2) is 7.22. The minimum Gasteiger partial charge on any atom is -0.395 e. The highest BCUT2D eigenvalue weighted by molar-refractivity contribution is 5.82. The van der Waals surface area contributed by atoms with E-state index in [0.717, 1.165) is 52.1 Å². The number of carbonyl (C=O) groups excluding carboxylic acids is 1. The van der Waals surface area contributed by atoms with E-state index in [0.29, 0.717) is 5.92 Å². The van der Waals surface area contributed by atoms with E-state index in [4.69, 9.17) is 5.11 Å². The van der Waals surface area contributed by atoms with Gasteiger partial charge in [-0.25, -0.2) is 0 Å². The van der Waals surface area contributed by atoms with Gasteiger partial charge in [-0.15, -0.1) is 0 Å². The molecule has 0 aromatic heterocycles. The summed E-state index contributed by atoms with van der Waals surface area (Å²) < 4.78 is 0. The Kier molecular flexibility index (Phi) is 5.60. The fourth-order valence-electron chi connectivity index (χ4n) is 3.13. The molecule has 0 spiro atoms. The Bertz CT molecular complexity index is 298. The molecule has 2 atom stereocenters. The predicted molar refractivity (Wildman–Crippen MR) is 74.9 cm³/mol. The minimum atomic E-state index is 0.0122. The van der Waals surface area contributed by atoms with Crippen LogP contribution in [0, 0.1) is 5.92 Å². The lowest BCUT2D eigenvalue weighted by Gasteiger charge is -2.33. The molecule has 0 aromatic rings. The van der Waals surface area contributed by atoms with Crippen molar-refractivity contribution in [2.24, 2.45) is 5.92 Å². The molecule has 0 bridgehead atoms. The maximum Gasteiger partial charge on any atom is 0.240 e. The Balaban J connectivity index is 1.88. The SMILES string of the molecule is CC1CCCNC1C(=O)N1CCCN(CCO)CC1. The van der Waals surface area contributed by atoms with Gasteiger partial charge in [-0.05, 0) is 38.3 Å². The number of nitrogens with zero attached hydrogens (tertiary/aromatic N) is 2. The van der Waals surface area contributed by atoms with Crippen molar-refractivity contribution >= 4 is 5.91 Å². The Morgan fingerprint density at radius 3 is 2.84 bits per heavy atom. The summed E-state index contributed by atoms with van der Waals surface area (Å²) in [4.78, 5) is 16.8. The predicted octanol–water partition coefficient (Wildman–Crippen LogP) is -0.0989. The molecule has 2 aliphatic heterocycles. The average molecular weight is 269 g/mol. The molecule has 0 radical (unpaired) electrons. The van der Waals surface area contributed by atoms with Crippen molar-refractivity contribution in [2.75, 3.05) is 45.9 Å². The minimum absolute atomic E-state index is 0.0122. The Hall–Kier alpha value is -0.650. The number of nitrogens with one attached hydrogen (secondary N) is 1. The second-order valence-corrected chi connectivity index (χ2v) is 5.80. The number of carbonyl (C=O) groups is 1. The van der Waals surface area contributed by atoms with Crippen LogP contribution in [0.4, 0.5) is 0 Å². The van der Waals surface area contributed by atoms with Gasteiger partial charge < -0.3 is 15.3 Å². The van der Waals surface area contributed by atoms with E-state index in [1.807, 2.05) is 4.90 Å². The van der Waals surface area contributed by atoms with Crippen molar-refractivity contribution in [1.29, 1.82) is 0 Å². The lowest BCUT2D eigenvalue weighted by molar-refractivity contribution is -0.135. The molecule has 2 saturated heterocycles. The number of rotatable bonds is 3. The van der Waals surface area contributed by atoms with E-state index in [-0.39, 0.29) is 18.6 Å². The highest BCUT2D eigenvalue weighted by Crippen LogP contribution is 2.18. The standard InChI is InChI=1S/C14H27N3O2/c1-12-4-2-5-15-13(12)14(19)17-7-3-6-16(8-9-17)10-11-18/h12-13,15,18H,2-11H2,1H3. The van der Waals surface area contributed by atoms with Gasteiger partial charge in [0.05, 0.1) is 12.6 Å². The number of hydrogen-bond acceptors (Lipinski definition) is 4. The van der Waals surface area contributed by atoms with Crippen LogP contribution in [0.1, 0.15) is 26.2 Å². The van der Waals surface area contributed by atoms with Crippen LogP contribution in [0.3, 0.4) is 0 Å². The van der Waals surface area contributed by atoms with Crippen LogP contribution < -0.4 is 5.32 Å². The smallest absolute Gasteiger partial charge is 0.240 e. The normalized spacial score (nSPS) is 30.1. The van der Waals surface area contributed by atoms with Crippen LogP contribution in [0.25, 0.3) is 0 Å². The molecule has 0 aliphatic carbocycles. The van der Waals surface area contributed by atoms with Crippen LogP contribution in [0.5, 0.6) is 0 Å². The maximum atomic E-state index is 12.6. The third-order valence-electron chi connectivity index (χ3n) is 4.35. The number of aliphatic hydroxyl groups is 1. The van der Waals surface area contributed by atoms with Gasteiger partial charge in [-0.1, -0.05) is 6.92 Å². The van der Waals surface area contributed by atoms with E-state index in [9.17, 15) is 4.79 Å². The molecule has 2 unspecified atom stereocenters. The van der Waals surface area contributed by atoms with Crippen molar-refractivity contribution in [3.8, 4) is 0 Å². The van der Waals surface area contributed by atoms with Gasteiger partial charge in [-0.3, -0.25) is 9.69 Å². The summed E-state index contributed by atoms with van der Waals surface area (Å²) in [5.41, 5.74) is 0. The Labute approximate surface area is 115 Å². The van der Waals surface area contributed by atoms with Gasteiger partial charge in [0.1, 0.15) is 0 Å². The Morgan fingerprint density at radius 1 is 1.26 bits per heavy atom. The summed E-state index contributed by atoms with van der Waals surface area (Å²) in [6.45, 7) is 7.58. The van der Waals surface area contributed by atoms with Crippen LogP contribution in [0.15, 0.2) is 0 Å². The number of hydrogen-bond donors (Lipinski definition) is 2. The van der Waals surface area contributed by atoms with Crippen molar-refractivity contribution in [3.63, 3.8) is 0 Å². The van der Waals surface area contributed by atoms with E-state index >= 15 is 0 Å². The number of β-amino-alcohol motifs (C(OH)–C–C–N with tert-alkyl or cyclic N) is 1. The first-order valence-electron chi connectivity index (χ1n) is 7.57. The highest BCUT2D eigenvalue weighted by atomic mass is 16.3. The van der Waals surface area contributed by atoms with Crippen LogP contribution in [0.2, 0.25) is 0 Å². The third-order valence-corrected chi connectivity index (χ3v) is 4.35. The van der Waals surface area contributed by atoms with E-state index in [1.54, 1.807) is 0 Å². The molecule has 2 fully saturated rings. The third kappa shape index (κ3) is 3.91. The molecule has 0 aromatic carbocycles. The summed E-state index contributed by atoms with van der Waals surface area (Å²) in [6, 6.07) is 0.0122. The zero-order chi connectivity index (χ0) is 13.7. The van der Waals surface area contributed by atoms with E-state index in [1.165, 1.54) is 6.42 Å². The first-order chi connectivity index (χ1) is 9.22. The first kappa shape index (κ1) is 14.8. The van der Waals surface area contributed by atoms with Crippen molar-refractivity contribution in [2.45, 2.75) is 32.2 Å². The first-order valence-corrected chi connectivity index (χ1v) is 7.57. The van der Waals surface area contributed by atoms with Crippen molar-refractivity contribution in [1.82, 2.24) is 15.1 Å². The van der Waals surface area contributed by atoms with E-state index < -0.39 is 0 Å². The summed E-state index contributed by atoms with van der Waals surface area (Å²) >= 11 is 0. The van der Waals surface area contributed by atoms with Crippen LogP contribution in [-0.2, 0) is 4.79 Å². The molecule has 5 nitrogen and oxygen atoms in total. The zero-order valence-corrected chi connectivity index (χ0v) is 12.0. The van der Waals surface area contributed by atoms with Gasteiger partial charge >= 0.3 is 0 Å². The molecule has 2 rings (SSSR count). The molecule has 0 saturated carbocycles. The van der Waals surface area contributed by atoms with Crippen molar-refractivity contribution < 1.29 is 9.90 Å². The maximum absolute atomic E-state index is 12.6. The van der Waals surface area contributed by atoms with Crippen LogP contribution >= 0.6 is 0 Å². The fourth-order valence-corrected chi connectivity index (χ4v) is 3.13. The molecular formula is C14H27N3O2. The molecule has 110 valence electrons.